The molecule has 134 valence electrons. The van der Waals surface area contributed by atoms with Crippen molar-refractivity contribution in [2.24, 2.45) is 11.7 Å². The van der Waals surface area contributed by atoms with Crippen molar-refractivity contribution in [3.05, 3.63) is 35.4 Å². The van der Waals surface area contributed by atoms with Gasteiger partial charge in [-0.1, -0.05) is 18.2 Å². The van der Waals surface area contributed by atoms with Crippen LogP contribution in [0.25, 0.3) is 0 Å². The van der Waals surface area contributed by atoms with Crippen molar-refractivity contribution in [3.63, 3.8) is 0 Å². The highest BCUT2D eigenvalue weighted by atomic mass is 19.4. The van der Waals surface area contributed by atoms with Crippen LogP contribution < -0.4 is 5.73 Å². The minimum Gasteiger partial charge on any atom is -0.341 e. The van der Waals surface area contributed by atoms with Crippen molar-refractivity contribution < 1.29 is 18.0 Å². The van der Waals surface area contributed by atoms with Crippen molar-refractivity contribution in [3.8, 4) is 0 Å². The second-order valence-electron chi connectivity index (χ2n) is 7.17. The smallest absolute Gasteiger partial charge is 0.341 e. The molecule has 0 aromatic heterocycles. The zero-order chi connectivity index (χ0) is 18.0. The van der Waals surface area contributed by atoms with Crippen molar-refractivity contribution >= 4 is 5.91 Å². The topological polar surface area (TPSA) is 46.3 Å². The summed E-state index contributed by atoms with van der Waals surface area (Å²) in [5, 5.41) is 0. The van der Waals surface area contributed by atoms with Gasteiger partial charge >= 0.3 is 6.18 Å². The first-order valence-corrected chi connectivity index (χ1v) is 8.32. The SMILES string of the molecule is CC(C)(N)C(=O)N1CCC[C@H](CCc2ccccc2C(F)(F)F)C1. The first kappa shape index (κ1) is 18.8. The molecule has 3 nitrogen and oxygen atoms in total. The molecule has 1 atom stereocenters. The average molecular weight is 342 g/mol. The number of alkyl halides is 3. The van der Waals surface area contributed by atoms with Gasteiger partial charge in [0.1, 0.15) is 0 Å². The highest BCUT2D eigenvalue weighted by molar-refractivity contribution is 5.85. The summed E-state index contributed by atoms with van der Waals surface area (Å²) >= 11 is 0. The minimum absolute atomic E-state index is 0.0945. The van der Waals surface area contributed by atoms with Gasteiger partial charge < -0.3 is 10.6 Å². The van der Waals surface area contributed by atoms with E-state index in [0.717, 1.165) is 18.9 Å². The molecule has 1 saturated heterocycles. The zero-order valence-corrected chi connectivity index (χ0v) is 14.2. The van der Waals surface area contributed by atoms with Crippen molar-refractivity contribution in [2.45, 2.75) is 51.2 Å². The minimum atomic E-state index is -4.32. The van der Waals surface area contributed by atoms with E-state index in [1.807, 2.05) is 0 Å². The molecule has 1 aromatic rings. The molecule has 1 aliphatic rings. The van der Waals surface area contributed by atoms with Crippen LogP contribution in [-0.2, 0) is 17.4 Å². The standard InChI is InChI=1S/C18H25F3N2O/c1-17(2,22)16(24)23-11-5-6-13(12-23)9-10-14-7-3-4-8-15(14)18(19,20)21/h3-4,7-8,13H,5-6,9-12,22H2,1-2H3/t13-/m1/s1. The molecule has 0 bridgehead atoms. The Morgan fingerprint density at radius 2 is 1.96 bits per heavy atom. The van der Waals surface area contributed by atoms with Crippen LogP contribution >= 0.6 is 0 Å². The quantitative estimate of drug-likeness (QED) is 0.908. The Bertz CT molecular complexity index is 578. The fourth-order valence-electron chi connectivity index (χ4n) is 3.27. The molecule has 1 fully saturated rings. The van der Waals surface area contributed by atoms with Crippen LogP contribution in [0, 0.1) is 5.92 Å². The predicted octanol–water partition coefficient (Wildman–Crippen LogP) is 3.61. The van der Waals surface area contributed by atoms with Gasteiger partial charge in [-0.2, -0.15) is 13.2 Å². The molecule has 1 aromatic carbocycles. The maximum absolute atomic E-state index is 13.0. The number of piperidine rings is 1. The molecule has 0 spiro atoms. The number of nitrogens with two attached hydrogens (primary N) is 1. The summed E-state index contributed by atoms with van der Waals surface area (Å²) in [7, 11) is 0. The zero-order valence-electron chi connectivity index (χ0n) is 14.2. The largest absolute Gasteiger partial charge is 0.416 e. The van der Waals surface area contributed by atoms with E-state index in [-0.39, 0.29) is 11.8 Å². The molecule has 2 N–H and O–H groups in total. The molecule has 0 aliphatic carbocycles. The molecular weight excluding hydrogens is 317 g/mol. The number of carbonyl (C=O) groups is 1. The summed E-state index contributed by atoms with van der Waals surface area (Å²) in [4.78, 5) is 14.0. The molecule has 0 radical (unpaired) electrons. The number of nitrogens with zero attached hydrogens (tertiary/aromatic N) is 1. The van der Waals surface area contributed by atoms with Gasteiger partial charge in [-0.15, -0.1) is 0 Å². The summed E-state index contributed by atoms with van der Waals surface area (Å²) in [6.45, 7) is 4.61. The molecule has 1 amide bonds. The van der Waals surface area contributed by atoms with Gasteiger partial charge in [0, 0.05) is 13.1 Å². The lowest BCUT2D eigenvalue weighted by Gasteiger charge is -2.36. The molecule has 1 heterocycles. The Hall–Kier alpha value is -1.56. The molecule has 24 heavy (non-hydrogen) atoms. The summed E-state index contributed by atoms with van der Waals surface area (Å²) in [6, 6.07) is 5.72. The highest BCUT2D eigenvalue weighted by Crippen LogP contribution is 2.33. The Kier molecular flexibility index (Phi) is 5.58. The van der Waals surface area contributed by atoms with Gasteiger partial charge in [0.15, 0.2) is 0 Å². The van der Waals surface area contributed by atoms with Gasteiger partial charge in [0.2, 0.25) is 5.91 Å². The number of likely N-dealkylation sites (tertiary alicyclic amines) is 1. The number of hydrogen-bond donors (Lipinski definition) is 1. The maximum atomic E-state index is 13.0. The Morgan fingerprint density at radius 3 is 2.58 bits per heavy atom. The number of halogens is 3. The van der Waals surface area contributed by atoms with Crippen molar-refractivity contribution in [2.75, 3.05) is 13.1 Å². The normalized spacial score (nSPS) is 19.4. The second kappa shape index (κ2) is 7.13. The van der Waals surface area contributed by atoms with E-state index in [4.69, 9.17) is 5.73 Å². The van der Waals surface area contributed by atoms with E-state index >= 15 is 0 Å². The first-order chi connectivity index (χ1) is 11.1. The third-order valence-electron chi connectivity index (χ3n) is 4.50. The van der Waals surface area contributed by atoms with Gasteiger partial charge in [-0.3, -0.25) is 4.79 Å². The van der Waals surface area contributed by atoms with E-state index in [9.17, 15) is 18.0 Å². The third kappa shape index (κ3) is 4.72. The molecule has 0 unspecified atom stereocenters. The van der Waals surface area contributed by atoms with Crippen molar-refractivity contribution in [1.29, 1.82) is 0 Å². The Morgan fingerprint density at radius 1 is 1.29 bits per heavy atom. The van der Waals surface area contributed by atoms with E-state index in [1.165, 1.54) is 12.1 Å². The van der Waals surface area contributed by atoms with E-state index in [0.29, 0.717) is 31.5 Å². The maximum Gasteiger partial charge on any atom is 0.416 e. The second-order valence-corrected chi connectivity index (χ2v) is 7.17. The predicted molar refractivity (Wildman–Crippen MR) is 87.3 cm³/mol. The highest BCUT2D eigenvalue weighted by Gasteiger charge is 2.34. The monoisotopic (exact) mass is 342 g/mol. The summed E-state index contributed by atoms with van der Waals surface area (Å²) in [5.41, 5.74) is 4.73. The van der Waals surface area contributed by atoms with Crippen LogP contribution in [0.2, 0.25) is 0 Å². The van der Waals surface area contributed by atoms with Crippen LogP contribution in [0.5, 0.6) is 0 Å². The van der Waals surface area contributed by atoms with Gasteiger partial charge in [-0.05, 0) is 57.1 Å². The van der Waals surface area contributed by atoms with Gasteiger partial charge in [-0.25, -0.2) is 0 Å². The lowest BCUT2D eigenvalue weighted by molar-refractivity contribution is -0.138. The summed E-state index contributed by atoms with van der Waals surface area (Å²) in [6.07, 6.45) is -1.51. The Balaban J connectivity index is 1.99. The van der Waals surface area contributed by atoms with Crippen LogP contribution in [-0.4, -0.2) is 29.4 Å². The van der Waals surface area contributed by atoms with Gasteiger partial charge in [0.25, 0.3) is 0 Å². The molecular formula is C18H25F3N2O. The molecule has 6 heteroatoms. The number of amides is 1. The number of aryl methyl sites for hydroxylation is 1. The van der Waals surface area contributed by atoms with Crippen LogP contribution in [0.3, 0.4) is 0 Å². The molecule has 2 rings (SSSR count). The molecule has 1 aliphatic heterocycles. The van der Waals surface area contributed by atoms with Crippen molar-refractivity contribution in [1.82, 2.24) is 4.90 Å². The number of rotatable bonds is 4. The van der Waals surface area contributed by atoms with Crippen LogP contribution in [0.15, 0.2) is 24.3 Å². The third-order valence-corrected chi connectivity index (χ3v) is 4.50. The molecule has 0 saturated carbocycles. The van der Waals surface area contributed by atoms with Gasteiger partial charge in [0.05, 0.1) is 11.1 Å². The average Bonchev–Trinajstić information content (AvgIpc) is 2.51. The number of carbonyl (C=O) groups excluding carboxylic acids is 1. The fourth-order valence-corrected chi connectivity index (χ4v) is 3.27. The van der Waals surface area contributed by atoms with E-state index in [1.54, 1.807) is 24.8 Å². The fraction of sp³-hybridized carbons (Fsp3) is 0.611. The summed E-state index contributed by atoms with van der Waals surface area (Å²) < 4.78 is 39.1. The summed E-state index contributed by atoms with van der Waals surface area (Å²) in [5.74, 6) is 0.120. The first-order valence-electron chi connectivity index (χ1n) is 8.32. The van der Waals surface area contributed by atoms with Crippen LogP contribution in [0.4, 0.5) is 13.2 Å². The lowest BCUT2D eigenvalue weighted by atomic mass is 9.89. The van der Waals surface area contributed by atoms with E-state index < -0.39 is 17.3 Å². The Labute approximate surface area is 141 Å². The van der Waals surface area contributed by atoms with E-state index in [2.05, 4.69) is 0 Å². The number of benzene rings is 1. The lowest BCUT2D eigenvalue weighted by Crippen LogP contribution is -2.53. The number of hydrogen-bond acceptors (Lipinski definition) is 2. The van der Waals surface area contributed by atoms with Crippen LogP contribution in [0.1, 0.15) is 44.2 Å².